The molecular weight excluding hydrogens is 336 g/mol. The fourth-order valence-corrected chi connectivity index (χ4v) is 1.96. The summed E-state index contributed by atoms with van der Waals surface area (Å²) in [6, 6.07) is 0. The van der Waals surface area contributed by atoms with Crippen molar-refractivity contribution in [2.45, 2.75) is 39.8 Å². The predicted octanol–water partition coefficient (Wildman–Crippen LogP) is 2.78. The van der Waals surface area contributed by atoms with Crippen LogP contribution in [-0.4, -0.2) is 58.9 Å². The van der Waals surface area contributed by atoms with Crippen LogP contribution in [0.5, 0.6) is 0 Å². The van der Waals surface area contributed by atoms with Crippen molar-refractivity contribution in [2.24, 2.45) is 0 Å². The lowest BCUT2D eigenvalue weighted by Gasteiger charge is -2.26. The summed E-state index contributed by atoms with van der Waals surface area (Å²) in [6.45, 7) is 9.62. The van der Waals surface area contributed by atoms with Gasteiger partial charge in [-0.25, -0.2) is 4.79 Å². The van der Waals surface area contributed by atoms with E-state index < -0.39 is 5.60 Å². The van der Waals surface area contributed by atoms with Gasteiger partial charge in [0.1, 0.15) is 5.60 Å². The zero-order valence-electron chi connectivity index (χ0n) is 13.7. The number of carbonyl (C=O) groups excluding carboxylic acids is 1. The molecule has 7 heteroatoms. The van der Waals surface area contributed by atoms with Gasteiger partial charge >= 0.3 is 6.09 Å². The van der Waals surface area contributed by atoms with E-state index in [-0.39, 0.29) is 6.09 Å². The van der Waals surface area contributed by atoms with Crippen molar-refractivity contribution in [1.29, 1.82) is 0 Å². The first-order chi connectivity index (χ1) is 9.60. The third-order valence-electron chi connectivity index (χ3n) is 2.88. The van der Waals surface area contributed by atoms with E-state index in [4.69, 9.17) is 4.74 Å². The molecule has 0 unspecified atom stereocenters. The van der Waals surface area contributed by atoms with E-state index in [1.54, 1.807) is 11.9 Å². The third kappa shape index (κ3) is 6.05. The van der Waals surface area contributed by atoms with Gasteiger partial charge in [0.15, 0.2) is 0 Å². The Labute approximate surface area is 135 Å². The van der Waals surface area contributed by atoms with E-state index in [0.29, 0.717) is 13.1 Å². The quantitative estimate of drug-likeness (QED) is 0.876. The second-order valence-corrected chi connectivity index (χ2v) is 7.04. The van der Waals surface area contributed by atoms with Gasteiger partial charge in [-0.3, -0.25) is 10.00 Å². The van der Waals surface area contributed by atoms with E-state index in [9.17, 15) is 4.79 Å². The van der Waals surface area contributed by atoms with Crippen LogP contribution in [0.15, 0.2) is 4.47 Å². The number of nitrogens with one attached hydrogen (secondary N) is 1. The summed E-state index contributed by atoms with van der Waals surface area (Å²) in [7, 11) is 3.75. The smallest absolute Gasteiger partial charge is 0.410 e. The summed E-state index contributed by atoms with van der Waals surface area (Å²) in [5.41, 5.74) is 1.52. The Morgan fingerprint density at radius 3 is 2.43 bits per heavy atom. The van der Waals surface area contributed by atoms with Gasteiger partial charge in [0.25, 0.3) is 0 Å². The molecule has 0 aliphatic carbocycles. The van der Waals surface area contributed by atoms with E-state index in [1.807, 2.05) is 34.7 Å². The van der Waals surface area contributed by atoms with Gasteiger partial charge < -0.3 is 9.64 Å². The highest BCUT2D eigenvalue weighted by atomic mass is 79.9. The summed E-state index contributed by atoms with van der Waals surface area (Å²) in [5, 5.41) is 7.19. The lowest BCUT2D eigenvalue weighted by molar-refractivity contribution is 0.0286. The minimum absolute atomic E-state index is 0.298. The topological polar surface area (TPSA) is 61.5 Å². The van der Waals surface area contributed by atoms with Gasteiger partial charge in [-0.1, -0.05) is 0 Å². The maximum atomic E-state index is 11.8. The number of carbonyl (C=O) groups is 1. The van der Waals surface area contributed by atoms with Crippen molar-refractivity contribution < 1.29 is 9.53 Å². The molecule has 0 saturated carbocycles. The maximum absolute atomic E-state index is 11.8. The number of aromatic amines is 1. The highest BCUT2D eigenvalue weighted by molar-refractivity contribution is 9.10. The lowest BCUT2D eigenvalue weighted by Crippen LogP contribution is -2.38. The molecule has 0 atom stereocenters. The molecule has 0 radical (unpaired) electrons. The molecule has 0 fully saturated rings. The molecule has 21 heavy (non-hydrogen) atoms. The van der Waals surface area contributed by atoms with Gasteiger partial charge in [-0.2, -0.15) is 5.10 Å². The fraction of sp³-hybridized carbons (Fsp3) is 0.714. The van der Waals surface area contributed by atoms with E-state index in [2.05, 4.69) is 31.0 Å². The number of hydrogen-bond acceptors (Lipinski definition) is 4. The zero-order chi connectivity index (χ0) is 16.2. The Balaban J connectivity index is 2.40. The first kappa shape index (κ1) is 18.0. The van der Waals surface area contributed by atoms with Crippen molar-refractivity contribution >= 4 is 22.0 Å². The average Bonchev–Trinajstić information content (AvgIpc) is 2.66. The maximum Gasteiger partial charge on any atom is 0.410 e. The molecule has 0 aliphatic rings. The van der Waals surface area contributed by atoms with Crippen LogP contribution in [0.1, 0.15) is 32.2 Å². The van der Waals surface area contributed by atoms with Gasteiger partial charge in [0.2, 0.25) is 0 Å². The van der Waals surface area contributed by atoms with Crippen LogP contribution in [0.2, 0.25) is 0 Å². The molecule has 1 rings (SSSR count). The Bertz CT molecular complexity index is 482. The van der Waals surface area contributed by atoms with E-state index in [1.165, 1.54) is 0 Å². The molecule has 1 aromatic rings. The molecule has 1 aromatic heterocycles. The highest BCUT2D eigenvalue weighted by Crippen LogP contribution is 2.19. The molecule has 0 bridgehead atoms. The Hall–Kier alpha value is -1.08. The molecule has 0 spiro atoms. The summed E-state index contributed by atoms with van der Waals surface area (Å²) in [6.07, 6.45) is -0.298. The monoisotopic (exact) mass is 360 g/mol. The van der Waals surface area contributed by atoms with E-state index >= 15 is 0 Å². The summed E-state index contributed by atoms with van der Waals surface area (Å²) >= 11 is 3.51. The fourth-order valence-electron chi connectivity index (χ4n) is 1.66. The Morgan fingerprint density at radius 1 is 1.33 bits per heavy atom. The minimum Gasteiger partial charge on any atom is -0.444 e. The molecule has 1 amide bonds. The van der Waals surface area contributed by atoms with Crippen molar-refractivity contribution in [1.82, 2.24) is 20.0 Å². The number of hydrogen-bond donors (Lipinski definition) is 1. The summed E-state index contributed by atoms with van der Waals surface area (Å²) in [4.78, 5) is 15.5. The van der Waals surface area contributed by atoms with E-state index in [0.717, 1.165) is 22.4 Å². The van der Waals surface area contributed by atoms with Crippen LogP contribution in [0.25, 0.3) is 0 Å². The number of ether oxygens (including phenoxy) is 1. The second-order valence-electron chi connectivity index (χ2n) is 6.25. The number of H-pyrrole nitrogens is 1. The molecule has 0 aliphatic heterocycles. The minimum atomic E-state index is -0.464. The average molecular weight is 361 g/mol. The molecule has 0 saturated heterocycles. The number of aryl methyl sites for hydroxylation is 1. The Kier molecular flexibility index (Phi) is 6.22. The van der Waals surface area contributed by atoms with Crippen molar-refractivity contribution in [3.63, 3.8) is 0 Å². The lowest BCUT2D eigenvalue weighted by atomic mass is 10.2. The largest absolute Gasteiger partial charge is 0.444 e. The molecular formula is C14H25BrN4O2. The third-order valence-corrected chi connectivity index (χ3v) is 3.94. The summed E-state index contributed by atoms with van der Waals surface area (Å²) < 4.78 is 6.33. The standard InChI is InChI=1S/C14H25BrN4O2/c1-10-12(15)11(17-16-10)9-18(5)7-8-19(6)13(20)21-14(2,3)4/h7-9H2,1-6H3,(H,16,17). The Morgan fingerprint density at radius 2 is 1.95 bits per heavy atom. The van der Waals surface area contributed by atoms with Crippen molar-refractivity contribution in [3.05, 3.63) is 15.9 Å². The normalized spacial score (nSPS) is 11.8. The molecule has 1 heterocycles. The highest BCUT2D eigenvalue weighted by Gasteiger charge is 2.19. The van der Waals surface area contributed by atoms with Gasteiger partial charge in [-0.05, 0) is 50.7 Å². The number of nitrogens with zero attached hydrogens (tertiary/aromatic N) is 3. The van der Waals surface area contributed by atoms with Crippen molar-refractivity contribution in [3.8, 4) is 0 Å². The van der Waals surface area contributed by atoms with Crippen LogP contribution < -0.4 is 0 Å². The SMILES string of the molecule is Cc1[nH]nc(CN(C)CCN(C)C(=O)OC(C)(C)C)c1Br. The van der Waals surface area contributed by atoms with Crippen LogP contribution >= 0.6 is 15.9 Å². The van der Waals surface area contributed by atoms with Crippen LogP contribution in [0.3, 0.4) is 0 Å². The molecule has 120 valence electrons. The van der Waals surface area contributed by atoms with Crippen LogP contribution in [-0.2, 0) is 11.3 Å². The summed E-state index contributed by atoms with van der Waals surface area (Å²) in [5.74, 6) is 0. The zero-order valence-corrected chi connectivity index (χ0v) is 15.2. The van der Waals surface area contributed by atoms with Gasteiger partial charge in [-0.15, -0.1) is 0 Å². The number of aromatic nitrogens is 2. The van der Waals surface area contributed by atoms with Gasteiger partial charge in [0.05, 0.1) is 10.2 Å². The molecule has 6 nitrogen and oxygen atoms in total. The number of amides is 1. The number of halogens is 1. The second kappa shape index (κ2) is 7.26. The number of rotatable bonds is 5. The first-order valence-electron chi connectivity index (χ1n) is 6.92. The van der Waals surface area contributed by atoms with Gasteiger partial charge in [0, 0.05) is 32.4 Å². The first-order valence-corrected chi connectivity index (χ1v) is 7.71. The number of likely N-dealkylation sites (N-methyl/N-ethyl adjacent to an activating group) is 2. The molecule has 0 aromatic carbocycles. The predicted molar refractivity (Wildman–Crippen MR) is 86.2 cm³/mol. The van der Waals surface area contributed by atoms with Crippen LogP contribution in [0.4, 0.5) is 4.79 Å². The van der Waals surface area contributed by atoms with Crippen molar-refractivity contribution in [2.75, 3.05) is 27.2 Å². The van der Waals surface area contributed by atoms with Crippen LogP contribution in [0, 0.1) is 6.92 Å². The molecule has 1 N–H and O–H groups in total.